The third-order valence-corrected chi connectivity index (χ3v) is 3.75. The van der Waals surface area contributed by atoms with Crippen molar-refractivity contribution in [1.82, 2.24) is 0 Å². The Balaban J connectivity index is 2.17. The quantitative estimate of drug-likeness (QED) is 0.559. The van der Waals surface area contributed by atoms with Crippen molar-refractivity contribution in [2.45, 2.75) is 0 Å². The first-order valence-corrected chi connectivity index (χ1v) is 7.72. The van der Waals surface area contributed by atoms with Crippen molar-refractivity contribution < 1.29 is 28.6 Å². The van der Waals surface area contributed by atoms with Crippen molar-refractivity contribution >= 4 is 23.9 Å². The van der Waals surface area contributed by atoms with Gasteiger partial charge in [0.15, 0.2) is 24.4 Å². The molecule has 0 heterocycles. The normalized spacial score (nSPS) is 9.96. The molecule has 0 fully saturated rings. The highest BCUT2D eigenvalue weighted by molar-refractivity contribution is 6.03. The van der Waals surface area contributed by atoms with Crippen molar-refractivity contribution in [1.29, 1.82) is 0 Å². The number of carbonyl (C=O) groups is 3. The van der Waals surface area contributed by atoms with Crippen LogP contribution in [0.15, 0.2) is 42.5 Å². The minimum Gasteiger partial charge on any atom is -0.493 e. The second-order valence-corrected chi connectivity index (χ2v) is 5.25. The third-order valence-electron chi connectivity index (χ3n) is 3.75. The van der Waals surface area contributed by atoms with E-state index in [9.17, 15) is 14.4 Å². The van der Waals surface area contributed by atoms with Gasteiger partial charge in [0.25, 0.3) is 5.91 Å². The summed E-state index contributed by atoms with van der Waals surface area (Å²) in [6, 6.07) is 11.9. The van der Waals surface area contributed by atoms with Crippen molar-refractivity contribution in [3.8, 4) is 11.5 Å². The Morgan fingerprint density at radius 2 is 1.73 bits per heavy atom. The summed E-state index contributed by atoms with van der Waals surface area (Å²) < 4.78 is 15.4. The van der Waals surface area contributed by atoms with Gasteiger partial charge in [-0.25, -0.2) is 4.79 Å². The van der Waals surface area contributed by atoms with Crippen molar-refractivity contribution in [2.75, 3.05) is 32.8 Å². The number of carbonyl (C=O) groups excluding carboxylic acids is 3. The number of benzene rings is 2. The molecule has 7 nitrogen and oxygen atoms in total. The molecule has 26 heavy (non-hydrogen) atoms. The highest BCUT2D eigenvalue weighted by atomic mass is 16.5. The Bertz CT molecular complexity index is 803. The topological polar surface area (TPSA) is 82.1 Å². The molecule has 2 aromatic rings. The number of anilines is 1. The van der Waals surface area contributed by atoms with Crippen LogP contribution in [0.5, 0.6) is 11.5 Å². The number of esters is 1. The lowest BCUT2D eigenvalue weighted by Gasteiger charge is -2.18. The van der Waals surface area contributed by atoms with Crippen LogP contribution in [-0.2, 0) is 9.53 Å². The van der Waals surface area contributed by atoms with E-state index in [4.69, 9.17) is 14.2 Å². The molecule has 0 aliphatic rings. The van der Waals surface area contributed by atoms with E-state index in [1.807, 2.05) is 6.07 Å². The number of para-hydroxylation sites is 1. The third kappa shape index (κ3) is 4.00. The lowest BCUT2D eigenvalue weighted by atomic mass is 10.1. The molecular weight excluding hydrogens is 338 g/mol. The first-order chi connectivity index (χ1) is 12.5. The van der Waals surface area contributed by atoms with Crippen LogP contribution in [0.3, 0.4) is 0 Å². The molecule has 0 spiro atoms. The van der Waals surface area contributed by atoms with Crippen molar-refractivity contribution in [3.05, 3.63) is 53.6 Å². The number of methoxy groups -OCH3 is 2. The number of hydrogen-bond donors (Lipinski definition) is 0. The zero-order valence-electron chi connectivity index (χ0n) is 14.7. The average Bonchev–Trinajstić information content (AvgIpc) is 2.70. The van der Waals surface area contributed by atoms with E-state index in [0.717, 1.165) is 0 Å². The van der Waals surface area contributed by atoms with Crippen LogP contribution >= 0.6 is 0 Å². The van der Waals surface area contributed by atoms with Gasteiger partial charge in [0.2, 0.25) is 0 Å². The summed E-state index contributed by atoms with van der Waals surface area (Å²) in [6.45, 7) is -0.483. The Kier molecular flexibility index (Phi) is 6.32. The van der Waals surface area contributed by atoms with E-state index in [0.29, 0.717) is 12.0 Å². The number of aldehydes is 1. The maximum Gasteiger partial charge on any atom is 0.343 e. The number of ether oxygens (including phenoxy) is 3. The lowest BCUT2D eigenvalue weighted by molar-refractivity contribution is -0.121. The van der Waals surface area contributed by atoms with Gasteiger partial charge < -0.3 is 19.1 Å². The van der Waals surface area contributed by atoms with Gasteiger partial charge in [-0.3, -0.25) is 9.59 Å². The number of likely N-dealkylation sites (N-methyl/N-ethyl adjacent to an activating group) is 1. The molecule has 0 aromatic heterocycles. The number of nitrogens with zero attached hydrogens (tertiary/aromatic N) is 1. The molecule has 0 saturated carbocycles. The summed E-state index contributed by atoms with van der Waals surface area (Å²) >= 11 is 0. The minimum atomic E-state index is -0.849. The summed E-state index contributed by atoms with van der Waals surface area (Å²) in [5.41, 5.74) is 0.662. The largest absolute Gasteiger partial charge is 0.493 e. The number of rotatable bonds is 7. The van der Waals surface area contributed by atoms with Gasteiger partial charge in [0.1, 0.15) is 5.56 Å². The fourth-order valence-corrected chi connectivity index (χ4v) is 2.34. The first-order valence-electron chi connectivity index (χ1n) is 7.72. The molecule has 0 aliphatic heterocycles. The Morgan fingerprint density at radius 1 is 1.04 bits per heavy atom. The summed E-state index contributed by atoms with van der Waals surface area (Å²) in [5, 5.41) is 0. The smallest absolute Gasteiger partial charge is 0.343 e. The molecule has 136 valence electrons. The highest BCUT2D eigenvalue weighted by Gasteiger charge is 2.24. The van der Waals surface area contributed by atoms with Crippen LogP contribution < -0.4 is 14.4 Å². The summed E-state index contributed by atoms with van der Waals surface area (Å²) in [4.78, 5) is 37.3. The van der Waals surface area contributed by atoms with Crippen LogP contribution in [0, 0.1) is 0 Å². The van der Waals surface area contributed by atoms with Gasteiger partial charge in [-0.05, 0) is 24.3 Å². The molecule has 0 N–H and O–H groups in total. The fourth-order valence-electron chi connectivity index (χ4n) is 2.34. The maximum atomic E-state index is 12.4. The Hall–Kier alpha value is -3.35. The minimum absolute atomic E-state index is 0.0750. The molecule has 0 unspecified atom stereocenters. The van der Waals surface area contributed by atoms with Gasteiger partial charge in [-0.15, -0.1) is 0 Å². The zero-order chi connectivity index (χ0) is 19.1. The van der Waals surface area contributed by atoms with E-state index in [1.165, 1.54) is 31.3 Å². The molecule has 0 saturated heterocycles. The molecule has 2 rings (SSSR count). The standard InChI is InChI=1S/C19H19NO6/c1-20(14-7-5-4-6-8-14)16(22)12-26-19(23)17-13(11-21)9-10-15(24-2)18(17)25-3/h4-11H,12H2,1-3H3. The highest BCUT2D eigenvalue weighted by Crippen LogP contribution is 2.33. The molecule has 7 heteroatoms. The SMILES string of the molecule is COc1ccc(C=O)c(C(=O)OCC(=O)N(C)c2ccccc2)c1OC. The van der Waals surface area contributed by atoms with Crippen LogP contribution in [-0.4, -0.2) is 46.0 Å². The van der Waals surface area contributed by atoms with E-state index < -0.39 is 18.5 Å². The van der Waals surface area contributed by atoms with Crippen LogP contribution in [0.25, 0.3) is 0 Å². The monoisotopic (exact) mass is 357 g/mol. The molecule has 1 amide bonds. The van der Waals surface area contributed by atoms with Gasteiger partial charge in [-0.2, -0.15) is 0 Å². The summed E-state index contributed by atoms with van der Waals surface area (Å²) in [7, 11) is 4.33. The Labute approximate surface area is 151 Å². The predicted molar refractivity (Wildman–Crippen MR) is 95.1 cm³/mol. The molecule has 2 aromatic carbocycles. The van der Waals surface area contributed by atoms with E-state index in [-0.39, 0.29) is 22.6 Å². The maximum absolute atomic E-state index is 12.4. The summed E-state index contributed by atoms with van der Waals surface area (Å²) in [5.74, 6) is -0.916. The first kappa shape index (κ1) is 19.0. The Morgan fingerprint density at radius 3 is 2.31 bits per heavy atom. The average molecular weight is 357 g/mol. The van der Waals surface area contributed by atoms with Gasteiger partial charge in [-0.1, -0.05) is 18.2 Å². The molecule has 0 radical (unpaired) electrons. The van der Waals surface area contributed by atoms with Crippen LogP contribution in [0.4, 0.5) is 5.69 Å². The van der Waals surface area contributed by atoms with E-state index in [1.54, 1.807) is 31.3 Å². The molecule has 0 atom stereocenters. The molecular formula is C19H19NO6. The van der Waals surface area contributed by atoms with Gasteiger partial charge in [0, 0.05) is 18.3 Å². The number of hydrogen-bond acceptors (Lipinski definition) is 6. The fraction of sp³-hybridized carbons (Fsp3) is 0.211. The van der Waals surface area contributed by atoms with Crippen molar-refractivity contribution in [2.24, 2.45) is 0 Å². The lowest BCUT2D eigenvalue weighted by Crippen LogP contribution is -2.31. The molecule has 0 bridgehead atoms. The predicted octanol–water partition coefficient (Wildman–Crippen LogP) is 2.34. The van der Waals surface area contributed by atoms with E-state index >= 15 is 0 Å². The molecule has 0 aliphatic carbocycles. The van der Waals surface area contributed by atoms with Gasteiger partial charge >= 0.3 is 5.97 Å². The van der Waals surface area contributed by atoms with Crippen molar-refractivity contribution in [3.63, 3.8) is 0 Å². The van der Waals surface area contributed by atoms with Crippen LogP contribution in [0.2, 0.25) is 0 Å². The van der Waals surface area contributed by atoms with Gasteiger partial charge in [0.05, 0.1) is 14.2 Å². The van der Waals surface area contributed by atoms with Crippen LogP contribution in [0.1, 0.15) is 20.7 Å². The second-order valence-electron chi connectivity index (χ2n) is 5.25. The second kappa shape index (κ2) is 8.66. The number of amides is 1. The zero-order valence-corrected chi connectivity index (χ0v) is 14.7. The summed E-state index contributed by atoms with van der Waals surface area (Å²) in [6.07, 6.45) is 0.510. The van der Waals surface area contributed by atoms with E-state index in [2.05, 4.69) is 0 Å².